The van der Waals surface area contributed by atoms with Gasteiger partial charge in [-0.15, -0.1) is 0 Å². The van der Waals surface area contributed by atoms with E-state index in [4.69, 9.17) is 0 Å². The highest BCUT2D eigenvalue weighted by atomic mass is 79.9. The Bertz CT molecular complexity index is 360. The molecule has 2 heteroatoms. The molecule has 1 fully saturated rings. The van der Waals surface area contributed by atoms with Gasteiger partial charge in [0.1, 0.15) is 0 Å². The fourth-order valence-corrected chi connectivity index (χ4v) is 3.41. The third-order valence-corrected chi connectivity index (χ3v) is 4.81. The molecule has 0 aromatic heterocycles. The molecule has 0 saturated heterocycles. The monoisotopic (exact) mass is 309 g/mol. The third-order valence-electron chi connectivity index (χ3n) is 4.28. The first kappa shape index (κ1) is 14.1. The third kappa shape index (κ3) is 3.36. The Morgan fingerprint density at radius 1 is 1.22 bits per heavy atom. The lowest BCUT2D eigenvalue weighted by Gasteiger charge is -2.26. The molecule has 18 heavy (non-hydrogen) atoms. The molecular formula is C16H24BrN. The van der Waals surface area contributed by atoms with Crippen molar-refractivity contribution >= 4 is 15.9 Å². The van der Waals surface area contributed by atoms with Crippen LogP contribution in [0.4, 0.5) is 0 Å². The van der Waals surface area contributed by atoms with Gasteiger partial charge in [-0.3, -0.25) is 0 Å². The molecule has 0 heterocycles. The molecular weight excluding hydrogens is 286 g/mol. The Kier molecular flexibility index (Phi) is 5.25. The van der Waals surface area contributed by atoms with Crippen LogP contribution in [0.15, 0.2) is 28.7 Å². The summed E-state index contributed by atoms with van der Waals surface area (Å²) in [5.41, 5.74) is 1.42. The van der Waals surface area contributed by atoms with Crippen LogP contribution in [0.2, 0.25) is 0 Å². The van der Waals surface area contributed by atoms with E-state index in [-0.39, 0.29) is 0 Å². The second-order valence-electron chi connectivity index (χ2n) is 5.38. The van der Waals surface area contributed by atoms with Gasteiger partial charge in [-0.05, 0) is 42.9 Å². The molecule has 1 saturated carbocycles. The molecule has 1 nitrogen and oxygen atoms in total. The van der Waals surface area contributed by atoms with Crippen LogP contribution in [-0.2, 0) is 0 Å². The molecule has 3 unspecified atom stereocenters. The van der Waals surface area contributed by atoms with E-state index in [9.17, 15) is 0 Å². The normalized spacial score (nSPS) is 25.3. The molecule has 0 spiro atoms. The number of benzene rings is 1. The van der Waals surface area contributed by atoms with E-state index in [1.54, 1.807) is 0 Å². The number of hydrogen-bond acceptors (Lipinski definition) is 1. The molecule has 1 aromatic carbocycles. The summed E-state index contributed by atoms with van der Waals surface area (Å²) < 4.78 is 1.16. The highest BCUT2D eigenvalue weighted by molar-refractivity contribution is 9.10. The number of halogens is 1. The Hall–Kier alpha value is -0.340. The molecule has 100 valence electrons. The van der Waals surface area contributed by atoms with Crippen molar-refractivity contribution in [2.75, 3.05) is 0 Å². The minimum absolute atomic E-state index is 0.509. The largest absolute Gasteiger partial charge is 0.307 e. The van der Waals surface area contributed by atoms with Crippen LogP contribution in [0, 0.1) is 5.92 Å². The van der Waals surface area contributed by atoms with Crippen molar-refractivity contribution in [1.29, 1.82) is 0 Å². The Morgan fingerprint density at radius 3 is 2.56 bits per heavy atom. The Labute approximate surface area is 119 Å². The highest BCUT2D eigenvalue weighted by Crippen LogP contribution is 2.31. The summed E-state index contributed by atoms with van der Waals surface area (Å²) in [6.45, 7) is 4.60. The van der Waals surface area contributed by atoms with Crippen LogP contribution >= 0.6 is 15.9 Å². The van der Waals surface area contributed by atoms with Gasteiger partial charge in [-0.1, -0.05) is 54.8 Å². The lowest BCUT2D eigenvalue weighted by atomic mass is 9.97. The van der Waals surface area contributed by atoms with Crippen LogP contribution in [0.3, 0.4) is 0 Å². The molecule has 2 rings (SSSR count). The number of rotatable bonds is 5. The topological polar surface area (TPSA) is 12.0 Å². The average molecular weight is 310 g/mol. The zero-order chi connectivity index (χ0) is 13.0. The van der Waals surface area contributed by atoms with Crippen LogP contribution < -0.4 is 5.32 Å². The van der Waals surface area contributed by atoms with Crippen molar-refractivity contribution in [3.05, 3.63) is 34.3 Å². The molecule has 1 aliphatic carbocycles. The van der Waals surface area contributed by atoms with E-state index < -0.39 is 0 Å². The average Bonchev–Trinajstić information content (AvgIpc) is 2.84. The van der Waals surface area contributed by atoms with Gasteiger partial charge >= 0.3 is 0 Å². The predicted molar refractivity (Wildman–Crippen MR) is 81.7 cm³/mol. The van der Waals surface area contributed by atoms with E-state index >= 15 is 0 Å². The smallest absolute Gasteiger partial charge is 0.0320 e. The van der Waals surface area contributed by atoms with Crippen molar-refractivity contribution in [1.82, 2.24) is 5.32 Å². The summed E-state index contributed by atoms with van der Waals surface area (Å²) in [4.78, 5) is 0. The van der Waals surface area contributed by atoms with Gasteiger partial charge in [0.25, 0.3) is 0 Å². The minimum atomic E-state index is 0.509. The van der Waals surface area contributed by atoms with E-state index in [0.717, 1.165) is 22.9 Å². The van der Waals surface area contributed by atoms with Crippen molar-refractivity contribution in [2.45, 2.75) is 58.0 Å². The molecule has 1 aromatic rings. The second-order valence-corrected chi connectivity index (χ2v) is 6.30. The molecule has 0 amide bonds. The van der Waals surface area contributed by atoms with Crippen molar-refractivity contribution in [2.24, 2.45) is 5.92 Å². The van der Waals surface area contributed by atoms with Gasteiger partial charge in [0.05, 0.1) is 0 Å². The van der Waals surface area contributed by atoms with Crippen LogP contribution in [0.1, 0.15) is 57.6 Å². The van der Waals surface area contributed by atoms with E-state index in [2.05, 4.69) is 59.4 Å². The van der Waals surface area contributed by atoms with Crippen molar-refractivity contribution < 1.29 is 0 Å². The molecule has 0 aliphatic heterocycles. The first-order valence-electron chi connectivity index (χ1n) is 7.26. The first-order valence-corrected chi connectivity index (χ1v) is 8.05. The predicted octanol–water partition coefficient (Wildman–Crippen LogP) is 5.07. The standard InChI is InChI=1S/C16H24BrN/c1-3-12-6-5-7-16(12)18-15(4-2)13-8-10-14(17)11-9-13/h8-12,15-16,18H,3-7H2,1-2H3. The molecule has 3 atom stereocenters. The zero-order valence-corrected chi connectivity index (χ0v) is 13.0. The Balaban J connectivity index is 2.02. The molecule has 0 bridgehead atoms. The first-order chi connectivity index (χ1) is 8.74. The zero-order valence-electron chi connectivity index (χ0n) is 11.5. The van der Waals surface area contributed by atoms with Crippen molar-refractivity contribution in [3.8, 4) is 0 Å². The van der Waals surface area contributed by atoms with Gasteiger partial charge in [-0.25, -0.2) is 0 Å². The van der Waals surface area contributed by atoms with Gasteiger partial charge < -0.3 is 5.32 Å². The fraction of sp³-hybridized carbons (Fsp3) is 0.625. The van der Waals surface area contributed by atoms with Gasteiger partial charge in [-0.2, -0.15) is 0 Å². The lowest BCUT2D eigenvalue weighted by molar-refractivity contribution is 0.345. The fourth-order valence-electron chi connectivity index (χ4n) is 3.15. The van der Waals surface area contributed by atoms with Crippen LogP contribution in [0.5, 0.6) is 0 Å². The van der Waals surface area contributed by atoms with Crippen molar-refractivity contribution in [3.63, 3.8) is 0 Å². The summed E-state index contributed by atoms with van der Waals surface area (Å²) in [5, 5.41) is 3.89. The summed E-state index contributed by atoms with van der Waals surface area (Å²) in [5.74, 6) is 0.884. The van der Waals surface area contributed by atoms with E-state index in [0.29, 0.717) is 6.04 Å². The summed E-state index contributed by atoms with van der Waals surface area (Å²) in [7, 11) is 0. The summed E-state index contributed by atoms with van der Waals surface area (Å²) in [6, 6.07) is 10.00. The van der Waals surface area contributed by atoms with E-state index in [1.807, 2.05) is 0 Å². The van der Waals surface area contributed by atoms with Crippen LogP contribution in [0.25, 0.3) is 0 Å². The SMILES string of the molecule is CCC(NC1CCCC1CC)c1ccc(Br)cc1. The maximum atomic E-state index is 3.89. The second kappa shape index (κ2) is 6.72. The molecule has 1 aliphatic rings. The highest BCUT2D eigenvalue weighted by Gasteiger charge is 2.27. The number of hydrogen-bond donors (Lipinski definition) is 1. The van der Waals surface area contributed by atoms with Crippen LogP contribution in [-0.4, -0.2) is 6.04 Å². The number of nitrogens with one attached hydrogen (secondary N) is 1. The Morgan fingerprint density at radius 2 is 1.94 bits per heavy atom. The van der Waals surface area contributed by atoms with Gasteiger partial charge in [0.2, 0.25) is 0 Å². The minimum Gasteiger partial charge on any atom is -0.307 e. The summed E-state index contributed by atoms with van der Waals surface area (Å²) >= 11 is 3.51. The maximum absolute atomic E-state index is 3.89. The molecule has 1 N–H and O–H groups in total. The summed E-state index contributed by atoms with van der Waals surface area (Å²) in [6.07, 6.45) is 6.63. The van der Waals surface area contributed by atoms with Gasteiger partial charge in [0.15, 0.2) is 0 Å². The lowest BCUT2D eigenvalue weighted by Crippen LogP contribution is -2.35. The quantitative estimate of drug-likeness (QED) is 0.801. The molecule has 0 radical (unpaired) electrons. The van der Waals surface area contributed by atoms with E-state index in [1.165, 1.54) is 31.2 Å². The van der Waals surface area contributed by atoms with Gasteiger partial charge in [0, 0.05) is 16.6 Å². The maximum Gasteiger partial charge on any atom is 0.0320 e.